The summed E-state index contributed by atoms with van der Waals surface area (Å²) in [4.78, 5) is 2.30. The number of rotatable bonds is 13. The van der Waals surface area contributed by atoms with Crippen LogP contribution in [0.1, 0.15) is 6.42 Å². The van der Waals surface area contributed by atoms with Gasteiger partial charge in [0.2, 0.25) is 0 Å². The highest BCUT2D eigenvalue weighted by Gasteiger charge is 2.05. The number of benzene rings is 1. The van der Waals surface area contributed by atoms with Crippen LogP contribution in [-0.4, -0.2) is 59.8 Å². The lowest BCUT2D eigenvalue weighted by Crippen LogP contribution is -2.30. The maximum Gasteiger partial charge on any atom is 0.0701 e. The first kappa shape index (κ1) is 17.9. The quantitative estimate of drug-likeness (QED) is 0.559. The minimum Gasteiger partial charge on any atom is -0.382 e. The number of methoxy groups -OCH3 is 1. The molecule has 120 valence electrons. The van der Waals surface area contributed by atoms with Gasteiger partial charge < -0.3 is 24.8 Å². The molecule has 5 heteroatoms. The Kier molecular flexibility index (Phi) is 10.7. The van der Waals surface area contributed by atoms with E-state index in [0.29, 0.717) is 39.6 Å². The predicted octanol–water partition coefficient (Wildman–Crippen LogP) is 1.52. The predicted molar refractivity (Wildman–Crippen MR) is 85.8 cm³/mol. The van der Waals surface area contributed by atoms with Crippen molar-refractivity contribution in [3.63, 3.8) is 0 Å². The summed E-state index contributed by atoms with van der Waals surface area (Å²) in [5, 5.41) is 0. The Bertz CT molecular complexity index is 336. The summed E-state index contributed by atoms with van der Waals surface area (Å²) in [5.74, 6) is 0. The first-order valence-electron chi connectivity index (χ1n) is 7.53. The van der Waals surface area contributed by atoms with E-state index in [4.69, 9.17) is 19.9 Å². The smallest absolute Gasteiger partial charge is 0.0701 e. The molecule has 0 unspecified atom stereocenters. The molecular weight excluding hydrogens is 268 g/mol. The number of para-hydroxylation sites is 1. The molecule has 21 heavy (non-hydrogen) atoms. The normalized spacial score (nSPS) is 10.8. The lowest BCUT2D eigenvalue weighted by molar-refractivity contribution is 0.0264. The molecule has 0 saturated heterocycles. The van der Waals surface area contributed by atoms with E-state index < -0.39 is 0 Å². The van der Waals surface area contributed by atoms with E-state index in [1.165, 1.54) is 5.69 Å². The maximum absolute atomic E-state index is 5.61. The summed E-state index contributed by atoms with van der Waals surface area (Å²) in [6.07, 6.45) is 0.981. The molecule has 5 nitrogen and oxygen atoms in total. The molecule has 0 heterocycles. The highest BCUT2D eigenvalue weighted by molar-refractivity contribution is 5.45. The van der Waals surface area contributed by atoms with Gasteiger partial charge in [0, 0.05) is 25.9 Å². The van der Waals surface area contributed by atoms with Crippen LogP contribution < -0.4 is 10.6 Å². The van der Waals surface area contributed by atoms with Crippen molar-refractivity contribution in [3.8, 4) is 0 Å². The molecule has 0 aliphatic rings. The number of hydrogen-bond donors (Lipinski definition) is 1. The third kappa shape index (κ3) is 8.67. The zero-order valence-corrected chi connectivity index (χ0v) is 13.0. The summed E-state index contributed by atoms with van der Waals surface area (Å²) < 4.78 is 15.9. The van der Waals surface area contributed by atoms with E-state index in [2.05, 4.69) is 29.2 Å². The fourth-order valence-electron chi connectivity index (χ4n) is 1.93. The highest BCUT2D eigenvalue weighted by atomic mass is 16.5. The van der Waals surface area contributed by atoms with Crippen LogP contribution in [0.5, 0.6) is 0 Å². The summed E-state index contributed by atoms with van der Waals surface area (Å²) in [6.45, 7) is 5.68. The van der Waals surface area contributed by atoms with Crippen LogP contribution in [0.25, 0.3) is 0 Å². The van der Waals surface area contributed by atoms with E-state index in [9.17, 15) is 0 Å². The largest absolute Gasteiger partial charge is 0.382 e. The molecule has 2 N–H and O–H groups in total. The summed E-state index contributed by atoms with van der Waals surface area (Å²) in [6, 6.07) is 10.4. The fourth-order valence-corrected chi connectivity index (χ4v) is 1.93. The van der Waals surface area contributed by atoms with Gasteiger partial charge in [-0.1, -0.05) is 18.2 Å². The van der Waals surface area contributed by atoms with Crippen molar-refractivity contribution >= 4 is 5.69 Å². The van der Waals surface area contributed by atoms with Crippen LogP contribution in [0.3, 0.4) is 0 Å². The van der Waals surface area contributed by atoms with Crippen LogP contribution in [0.2, 0.25) is 0 Å². The minimum absolute atomic E-state index is 0.609. The first-order valence-corrected chi connectivity index (χ1v) is 7.53. The van der Waals surface area contributed by atoms with Crippen molar-refractivity contribution in [2.24, 2.45) is 5.73 Å². The summed E-state index contributed by atoms with van der Waals surface area (Å²) >= 11 is 0. The monoisotopic (exact) mass is 296 g/mol. The standard InChI is InChI=1S/C16H28N2O3/c1-19-12-13-21-15-14-20-11-10-18(9-5-8-17)16-6-3-2-4-7-16/h2-4,6-7H,5,8-15,17H2,1H3. The number of nitrogens with two attached hydrogens (primary N) is 1. The first-order chi connectivity index (χ1) is 10.4. The second kappa shape index (κ2) is 12.6. The van der Waals surface area contributed by atoms with Gasteiger partial charge in [0.15, 0.2) is 0 Å². The zero-order chi connectivity index (χ0) is 15.2. The SMILES string of the molecule is COCCOCCOCCN(CCCN)c1ccccc1. The molecular formula is C16H28N2O3. The number of nitrogens with zero attached hydrogens (tertiary/aromatic N) is 1. The third-order valence-corrected chi connectivity index (χ3v) is 3.06. The molecule has 0 atom stereocenters. The van der Waals surface area contributed by atoms with Crippen LogP contribution in [0.15, 0.2) is 30.3 Å². The van der Waals surface area contributed by atoms with Gasteiger partial charge in [0.05, 0.1) is 33.0 Å². The van der Waals surface area contributed by atoms with Gasteiger partial charge in [-0.25, -0.2) is 0 Å². The van der Waals surface area contributed by atoms with Crippen molar-refractivity contribution < 1.29 is 14.2 Å². The zero-order valence-electron chi connectivity index (χ0n) is 13.0. The Morgan fingerprint density at radius 1 is 0.905 bits per heavy atom. The van der Waals surface area contributed by atoms with Crippen LogP contribution in [0.4, 0.5) is 5.69 Å². The Balaban J connectivity index is 2.18. The average Bonchev–Trinajstić information content (AvgIpc) is 2.53. The van der Waals surface area contributed by atoms with Crippen molar-refractivity contribution in [3.05, 3.63) is 30.3 Å². The second-order valence-electron chi connectivity index (χ2n) is 4.68. The maximum atomic E-state index is 5.61. The highest BCUT2D eigenvalue weighted by Crippen LogP contribution is 2.12. The molecule has 0 aliphatic heterocycles. The van der Waals surface area contributed by atoms with Gasteiger partial charge in [-0.2, -0.15) is 0 Å². The van der Waals surface area contributed by atoms with E-state index in [-0.39, 0.29) is 0 Å². The van der Waals surface area contributed by atoms with Gasteiger partial charge in [0.1, 0.15) is 0 Å². The van der Waals surface area contributed by atoms with Gasteiger partial charge >= 0.3 is 0 Å². The van der Waals surface area contributed by atoms with E-state index in [1.807, 2.05) is 6.07 Å². The molecule has 0 aliphatic carbocycles. The molecule has 0 radical (unpaired) electrons. The summed E-state index contributed by atoms with van der Waals surface area (Å²) in [7, 11) is 1.67. The van der Waals surface area contributed by atoms with E-state index in [1.54, 1.807) is 7.11 Å². The molecule has 0 bridgehead atoms. The fraction of sp³-hybridized carbons (Fsp3) is 0.625. The van der Waals surface area contributed by atoms with E-state index >= 15 is 0 Å². The number of ether oxygens (including phenoxy) is 3. The summed E-state index contributed by atoms with van der Waals surface area (Å²) in [5.41, 5.74) is 6.82. The van der Waals surface area contributed by atoms with Gasteiger partial charge in [-0.15, -0.1) is 0 Å². The molecule has 1 aromatic carbocycles. The Morgan fingerprint density at radius 2 is 1.57 bits per heavy atom. The van der Waals surface area contributed by atoms with Gasteiger partial charge in [-0.3, -0.25) is 0 Å². The minimum atomic E-state index is 0.609. The van der Waals surface area contributed by atoms with E-state index in [0.717, 1.165) is 19.5 Å². The van der Waals surface area contributed by atoms with Gasteiger partial charge in [-0.05, 0) is 25.1 Å². The Morgan fingerprint density at radius 3 is 2.24 bits per heavy atom. The molecule has 0 fully saturated rings. The molecule has 0 saturated carbocycles. The molecule has 1 aromatic rings. The van der Waals surface area contributed by atoms with Crippen molar-refractivity contribution in [1.29, 1.82) is 0 Å². The van der Waals surface area contributed by atoms with Crippen molar-refractivity contribution in [1.82, 2.24) is 0 Å². The number of anilines is 1. The number of hydrogen-bond acceptors (Lipinski definition) is 5. The van der Waals surface area contributed by atoms with Crippen LogP contribution in [0, 0.1) is 0 Å². The lowest BCUT2D eigenvalue weighted by atomic mass is 10.2. The Labute approximate surface area is 128 Å². The molecule has 0 spiro atoms. The molecule has 1 rings (SSSR count). The van der Waals surface area contributed by atoms with Crippen LogP contribution in [-0.2, 0) is 14.2 Å². The lowest BCUT2D eigenvalue weighted by Gasteiger charge is -2.24. The topological polar surface area (TPSA) is 57.0 Å². The Hall–Kier alpha value is -1.14. The second-order valence-corrected chi connectivity index (χ2v) is 4.68. The average molecular weight is 296 g/mol. The molecule has 0 aromatic heterocycles. The van der Waals surface area contributed by atoms with Crippen molar-refractivity contribution in [2.75, 3.05) is 64.7 Å². The van der Waals surface area contributed by atoms with Crippen molar-refractivity contribution in [2.45, 2.75) is 6.42 Å². The van der Waals surface area contributed by atoms with Crippen LogP contribution >= 0.6 is 0 Å². The third-order valence-electron chi connectivity index (χ3n) is 3.06. The molecule has 0 amide bonds. The van der Waals surface area contributed by atoms with Gasteiger partial charge in [0.25, 0.3) is 0 Å².